The Hall–Kier alpha value is -1.75. The summed E-state index contributed by atoms with van der Waals surface area (Å²) in [5.41, 5.74) is 1.22. The van der Waals surface area contributed by atoms with E-state index in [9.17, 15) is 0 Å². The zero-order chi connectivity index (χ0) is 17.5. The third-order valence-corrected chi connectivity index (χ3v) is 5.28. The molecule has 0 radical (unpaired) electrons. The molecule has 1 aromatic carbocycles. The van der Waals surface area contributed by atoms with Crippen molar-refractivity contribution >= 4 is 5.96 Å². The van der Waals surface area contributed by atoms with Crippen molar-refractivity contribution in [2.75, 3.05) is 33.3 Å². The van der Waals surface area contributed by atoms with Gasteiger partial charge >= 0.3 is 0 Å². The molecule has 5 nitrogen and oxygen atoms in total. The average Bonchev–Trinajstić information content (AvgIpc) is 3.29. The van der Waals surface area contributed by atoms with E-state index in [0.29, 0.717) is 12.6 Å². The van der Waals surface area contributed by atoms with Crippen LogP contribution in [0.25, 0.3) is 0 Å². The number of rotatable bonds is 6. The van der Waals surface area contributed by atoms with Crippen LogP contribution in [-0.4, -0.2) is 56.2 Å². The Morgan fingerprint density at radius 1 is 1.28 bits per heavy atom. The zero-order valence-corrected chi connectivity index (χ0v) is 15.6. The Balaban J connectivity index is 1.35. The van der Waals surface area contributed by atoms with Gasteiger partial charge < -0.3 is 15.4 Å². The van der Waals surface area contributed by atoms with Gasteiger partial charge in [0.05, 0.1) is 6.54 Å². The zero-order valence-electron chi connectivity index (χ0n) is 15.6. The number of hydrogen-bond donors (Lipinski definition) is 2. The molecule has 2 aliphatic rings. The minimum atomic E-state index is 0.504. The predicted octanol–water partition coefficient (Wildman–Crippen LogP) is 2.56. The summed E-state index contributed by atoms with van der Waals surface area (Å²) in [6, 6.07) is 9.48. The van der Waals surface area contributed by atoms with E-state index in [0.717, 1.165) is 30.8 Å². The summed E-state index contributed by atoms with van der Waals surface area (Å²) in [4.78, 5) is 7.02. The molecule has 25 heavy (non-hydrogen) atoms. The maximum absolute atomic E-state index is 5.78. The predicted molar refractivity (Wildman–Crippen MR) is 103 cm³/mol. The highest BCUT2D eigenvalue weighted by Gasteiger charge is 2.30. The van der Waals surface area contributed by atoms with Gasteiger partial charge in [0.2, 0.25) is 0 Å². The van der Waals surface area contributed by atoms with Crippen molar-refractivity contribution in [2.24, 2.45) is 4.99 Å². The van der Waals surface area contributed by atoms with Crippen molar-refractivity contribution in [1.29, 1.82) is 0 Å². The fourth-order valence-electron chi connectivity index (χ4n) is 3.94. The molecule has 2 N–H and O–H groups in total. The molecule has 0 spiro atoms. The first kappa shape index (κ1) is 18.1. The molecular weight excluding hydrogens is 312 g/mol. The highest BCUT2D eigenvalue weighted by Crippen LogP contribution is 2.26. The quantitative estimate of drug-likeness (QED) is 0.473. The molecule has 1 heterocycles. The number of nitrogens with one attached hydrogen (secondary N) is 2. The standard InChI is InChI=1S/C20H32N4O/c1-16-6-5-9-19(14-16)25-13-11-22-20(21-2)23-17-10-12-24(15-17)18-7-3-4-8-18/h5-6,9,14,17-18H,3-4,7-8,10-13,15H2,1-2H3,(H2,21,22,23). The van der Waals surface area contributed by atoms with Crippen LogP contribution in [0.1, 0.15) is 37.7 Å². The molecule has 0 amide bonds. The Kier molecular flexibility index (Phi) is 6.56. The number of nitrogens with zero attached hydrogens (tertiary/aromatic N) is 2. The number of aryl methyl sites for hydroxylation is 1. The molecule has 2 fully saturated rings. The van der Waals surface area contributed by atoms with Crippen LogP contribution in [0.2, 0.25) is 0 Å². The third-order valence-electron chi connectivity index (χ3n) is 5.28. The van der Waals surface area contributed by atoms with Gasteiger partial charge in [0, 0.05) is 32.2 Å². The molecule has 3 rings (SSSR count). The van der Waals surface area contributed by atoms with E-state index >= 15 is 0 Å². The SMILES string of the molecule is CN=C(NCCOc1cccc(C)c1)NC1CCN(C2CCCC2)C1. The molecule has 138 valence electrons. The second-order valence-corrected chi connectivity index (χ2v) is 7.23. The van der Waals surface area contributed by atoms with Crippen molar-refractivity contribution in [2.45, 2.75) is 51.1 Å². The van der Waals surface area contributed by atoms with Crippen molar-refractivity contribution < 1.29 is 4.74 Å². The smallest absolute Gasteiger partial charge is 0.191 e. The van der Waals surface area contributed by atoms with E-state index in [-0.39, 0.29) is 0 Å². The average molecular weight is 345 g/mol. The van der Waals surface area contributed by atoms with E-state index < -0.39 is 0 Å². The fourth-order valence-corrected chi connectivity index (χ4v) is 3.94. The molecule has 1 aliphatic heterocycles. The molecule has 1 saturated heterocycles. The largest absolute Gasteiger partial charge is 0.492 e. The monoisotopic (exact) mass is 344 g/mol. The van der Waals surface area contributed by atoms with Crippen molar-refractivity contribution in [3.8, 4) is 5.75 Å². The van der Waals surface area contributed by atoms with Crippen LogP contribution in [0.15, 0.2) is 29.3 Å². The van der Waals surface area contributed by atoms with Gasteiger partial charge in [0.15, 0.2) is 5.96 Å². The maximum atomic E-state index is 5.78. The molecule has 1 saturated carbocycles. The molecule has 1 atom stereocenters. The summed E-state index contributed by atoms with van der Waals surface area (Å²) in [5, 5.41) is 6.93. The van der Waals surface area contributed by atoms with Gasteiger partial charge in [0.1, 0.15) is 12.4 Å². The maximum Gasteiger partial charge on any atom is 0.191 e. The van der Waals surface area contributed by atoms with Crippen LogP contribution in [0.3, 0.4) is 0 Å². The number of hydrogen-bond acceptors (Lipinski definition) is 3. The lowest BCUT2D eigenvalue weighted by Crippen LogP contribution is -2.46. The number of likely N-dealkylation sites (tertiary alicyclic amines) is 1. The molecule has 1 aromatic rings. The van der Waals surface area contributed by atoms with Crippen LogP contribution >= 0.6 is 0 Å². The Labute approximate surface area is 151 Å². The van der Waals surface area contributed by atoms with Crippen molar-refractivity contribution in [3.63, 3.8) is 0 Å². The topological polar surface area (TPSA) is 48.9 Å². The summed E-state index contributed by atoms with van der Waals surface area (Å²) >= 11 is 0. The third kappa shape index (κ3) is 5.36. The van der Waals surface area contributed by atoms with Crippen LogP contribution in [0.4, 0.5) is 0 Å². The first-order valence-electron chi connectivity index (χ1n) is 9.65. The molecule has 0 bridgehead atoms. The van der Waals surface area contributed by atoms with E-state index in [1.165, 1.54) is 44.2 Å². The molecule has 1 aliphatic carbocycles. The first-order valence-corrected chi connectivity index (χ1v) is 9.65. The summed E-state index contributed by atoms with van der Waals surface area (Å²) in [7, 11) is 1.83. The normalized spacial score (nSPS) is 22.3. The van der Waals surface area contributed by atoms with Crippen LogP contribution in [0, 0.1) is 6.92 Å². The van der Waals surface area contributed by atoms with Gasteiger partial charge in [-0.15, -0.1) is 0 Å². The van der Waals surface area contributed by atoms with Gasteiger partial charge in [-0.05, 0) is 43.9 Å². The minimum absolute atomic E-state index is 0.504. The fraction of sp³-hybridized carbons (Fsp3) is 0.650. The van der Waals surface area contributed by atoms with Crippen LogP contribution in [0.5, 0.6) is 5.75 Å². The van der Waals surface area contributed by atoms with E-state index in [4.69, 9.17) is 4.74 Å². The summed E-state index contributed by atoms with van der Waals surface area (Å²) in [6.07, 6.45) is 6.79. The minimum Gasteiger partial charge on any atom is -0.492 e. The van der Waals surface area contributed by atoms with Gasteiger partial charge in [-0.2, -0.15) is 0 Å². The summed E-state index contributed by atoms with van der Waals surface area (Å²) in [5.74, 6) is 1.80. The van der Waals surface area contributed by atoms with Crippen LogP contribution < -0.4 is 15.4 Å². The van der Waals surface area contributed by atoms with Crippen molar-refractivity contribution in [1.82, 2.24) is 15.5 Å². The number of ether oxygens (including phenoxy) is 1. The molecule has 5 heteroatoms. The van der Waals surface area contributed by atoms with Gasteiger partial charge in [-0.3, -0.25) is 9.89 Å². The van der Waals surface area contributed by atoms with Crippen LogP contribution in [-0.2, 0) is 0 Å². The van der Waals surface area contributed by atoms with Gasteiger partial charge in [-0.1, -0.05) is 25.0 Å². The summed E-state index contributed by atoms with van der Waals surface area (Å²) in [6.45, 7) is 5.81. The number of aliphatic imine (C=N–C) groups is 1. The molecular formula is C20H32N4O. The Morgan fingerprint density at radius 3 is 2.88 bits per heavy atom. The lowest BCUT2D eigenvalue weighted by atomic mass is 10.2. The van der Waals surface area contributed by atoms with E-state index in [1.54, 1.807) is 0 Å². The van der Waals surface area contributed by atoms with E-state index in [2.05, 4.69) is 39.6 Å². The first-order chi connectivity index (χ1) is 12.2. The van der Waals surface area contributed by atoms with E-state index in [1.807, 2.05) is 19.2 Å². The van der Waals surface area contributed by atoms with Gasteiger partial charge in [-0.25, -0.2) is 0 Å². The highest BCUT2D eigenvalue weighted by molar-refractivity contribution is 5.80. The number of benzene rings is 1. The lowest BCUT2D eigenvalue weighted by Gasteiger charge is -2.24. The number of guanidine groups is 1. The van der Waals surface area contributed by atoms with Crippen molar-refractivity contribution in [3.05, 3.63) is 29.8 Å². The Morgan fingerprint density at radius 2 is 2.12 bits per heavy atom. The van der Waals surface area contributed by atoms with Gasteiger partial charge in [0.25, 0.3) is 0 Å². The lowest BCUT2D eigenvalue weighted by molar-refractivity contribution is 0.242. The highest BCUT2D eigenvalue weighted by atomic mass is 16.5. The second-order valence-electron chi connectivity index (χ2n) is 7.23. The molecule has 0 aromatic heterocycles. The molecule has 1 unspecified atom stereocenters. The second kappa shape index (κ2) is 9.09. The Bertz CT molecular complexity index is 569. The summed E-state index contributed by atoms with van der Waals surface area (Å²) < 4.78 is 5.78.